The minimum atomic E-state index is -0.672. The number of rotatable bonds is 24. The summed E-state index contributed by atoms with van der Waals surface area (Å²) in [5.41, 5.74) is 67.5. The second-order valence-electron chi connectivity index (χ2n) is 31.4. The number of fused-ring (bicyclic) bond motifs is 1. The molecule has 1 aliphatic carbocycles. The van der Waals surface area contributed by atoms with E-state index in [2.05, 4.69) is 58.7 Å². The molecule has 6 heterocycles. The second-order valence-corrected chi connectivity index (χ2v) is 31.4. The Balaban J connectivity index is 0.000000142. The number of nitrogens with two attached hydrogens (primary N) is 8. The molecule has 0 saturated carbocycles. The lowest BCUT2D eigenvalue weighted by Crippen LogP contribution is -2.23. The highest BCUT2D eigenvalue weighted by atomic mass is 16.2. The monoisotopic (exact) mass is 1760 g/mol. The first-order chi connectivity index (χ1) is 63.7. The van der Waals surface area contributed by atoms with Crippen molar-refractivity contribution in [1.82, 2.24) is 70.4 Å². The van der Waals surface area contributed by atoms with E-state index in [9.17, 15) is 38.4 Å². The molecule has 30 heteroatoms. The number of aryl methyl sites for hydroxylation is 5. The van der Waals surface area contributed by atoms with Crippen LogP contribution in [0.25, 0.3) is 62.2 Å². The van der Waals surface area contributed by atoms with Crippen LogP contribution in [-0.4, -0.2) is 96.3 Å². The molecule has 0 bridgehead atoms. The van der Waals surface area contributed by atoms with Crippen molar-refractivity contribution in [3.63, 3.8) is 0 Å². The zero-order chi connectivity index (χ0) is 93.4. The number of amides is 8. The van der Waals surface area contributed by atoms with Gasteiger partial charge in [0.1, 0.15) is 68.3 Å². The Morgan fingerprint density at radius 3 is 0.977 bits per heavy atom. The lowest BCUT2D eigenvalue weighted by atomic mass is 10.0. The number of aromatic nitrogens is 10. The first-order valence-corrected chi connectivity index (χ1v) is 42.1. The molecule has 17 rings (SSSR count). The van der Waals surface area contributed by atoms with Gasteiger partial charge in [0.15, 0.2) is 5.82 Å². The Morgan fingerprint density at radius 2 is 0.644 bits per heavy atom. The van der Waals surface area contributed by atoms with E-state index in [-0.39, 0.29) is 69.4 Å². The van der Waals surface area contributed by atoms with Gasteiger partial charge in [-0.15, -0.1) is 0 Å². The molecule has 8 amide bonds. The van der Waals surface area contributed by atoms with Crippen molar-refractivity contribution in [1.29, 1.82) is 0 Å². The summed E-state index contributed by atoms with van der Waals surface area (Å²) < 4.78 is 6.11. The maximum absolute atomic E-state index is 12.5. The Bertz CT molecular complexity index is 6760. The molecular weight excluding hydrogens is 1660 g/mol. The molecule has 0 aliphatic heterocycles. The molecule has 0 saturated heterocycles. The number of anilines is 4. The van der Waals surface area contributed by atoms with Crippen LogP contribution in [-0.2, 0) is 39.0 Å². The van der Waals surface area contributed by atoms with Crippen LogP contribution in [0.1, 0.15) is 150 Å². The van der Waals surface area contributed by atoms with Crippen LogP contribution < -0.4 is 67.1 Å². The number of carbonyl (C=O) groups excluding carboxylic acids is 8. The number of nitrogens with zero attached hydrogens (tertiary/aromatic N) is 10. The SMILES string of the molecule is Cc1cccc(-n2nc(-c3ccc(CNC(=O)c4ccccc4C)cc3)c(C(N)=O)c2N)c1.Cc1ccccc1C(=O)NCc1ccc(-c2nn(-c3ccccn3)c(N)c2C(N)=O)cc1.Cc1ccccc1C(=O)NCc1ccc(-c2nn(-c3cccnc3)c(N)c2C(N)=O)cc1.Cc1ccccc1C(=O)NCc1ccc(-c2nn(C3Cc4ccccc4C3)c(N)c2C(N)=O)cc1. The molecule has 10 aromatic carbocycles. The molecule has 0 unspecified atom stereocenters. The molecule has 6 aromatic heterocycles. The van der Waals surface area contributed by atoms with Gasteiger partial charge in [-0.25, -0.2) is 19.0 Å². The minimum absolute atomic E-state index is 0.0372. The summed E-state index contributed by atoms with van der Waals surface area (Å²) in [5.74, 6) is -1.86. The van der Waals surface area contributed by atoms with E-state index in [0.29, 0.717) is 105 Å². The molecular formula is C102H96N22O8. The van der Waals surface area contributed by atoms with Crippen LogP contribution in [0.15, 0.2) is 292 Å². The normalized spacial score (nSPS) is 11.3. The second kappa shape index (κ2) is 40.7. The molecule has 16 aromatic rings. The smallest absolute Gasteiger partial charge is 0.254 e. The molecule has 0 atom stereocenters. The quantitative estimate of drug-likeness (QED) is 0.0267. The largest absolute Gasteiger partial charge is 0.383 e. The fraction of sp³-hybridized carbons (Fsp3) is 0.118. The fourth-order valence-corrected chi connectivity index (χ4v) is 15.3. The number of hydrogen-bond donors (Lipinski definition) is 12. The lowest BCUT2D eigenvalue weighted by molar-refractivity contribution is 0.0942. The van der Waals surface area contributed by atoms with Gasteiger partial charge in [0.2, 0.25) is 0 Å². The number of pyridine rings is 2. The molecule has 30 nitrogen and oxygen atoms in total. The third-order valence-corrected chi connectivity index (χ3v) is 22.4. The summed E-state index contributed by atoms with van der Waals surface area (Å²) in [4.78, 5) is 107. The van der Waals surface area contributed by atoms with Crippen molar-refractivity contribution in [2.75, 3.05) is 22.9 Å². The summed E-state index contributed by atoms with van der Waals surface area (Å²) in [6.45, 7) is 11.1. The molecule has 20 N–H and O–H groups in total. The van der Waals surface area contributed by atoms with Crippen LogP contribution in [0.3, 0.4) is 0 Å². The van der Waals surface area contributed by atoms with Crippen LogP contribution in [0.2, 0.25) is 0 Å². The van der Waals surface area contributed by atoms with E-state index >= 15 is 0 Å². The van der Waals surface area contributed by atoms with Crippen LogP contribution in [0, 0.1) is 34.6 Å². The van der Waals surface area contributed by atoms with E-state index < -0.39 is 23.6 Å². The summed E-state index contributed by atoms with van der Waals surface area (Å²) in [5, 5.41) is 30.0. The highest BCUT2D eigenvalue weighted by Crippen LogP contribution is 2.38. The number of carbonyl (C=O) groups is 8. The van der Waals surface area contributed by atoms with Gasteiger partial charge in [0.05, 0.1) is 23.6 Å². The van der Waals surface area contributed by atoms with Crippen molar-refractivity contribution < 1.29 is 38.4 Å². The summed E-state index contributed by atoms with van der Waals surface area (Å²) in [7, 11) is 0. The molecule has 0 radical (unpaired) electrons. The van der Waals surface area contributed by atoms with Gasteiger partial charge in [-0.3, -0.25) is 43.3 Å². The Labute approximate surface area is 760 Å². The first-order valence-electron chi connectivity index (χ1n) is 42.1. The Hall–Kier alpha value is -17.7. The van der Waals surface area contributed by atoms with Crippen LogP contribution >= 0.6 is 0 Å². The molecule has 0 spiro atoms. The zero-order valence-electron chi connectivity index (χ0n) is 72.9. The fourth-order valence-electron chi connectivity index (χ4n) is 15.3. The molecule has 662 valence electrons. The zero-order valence-corrected chi connectivity index (χ0v) is 72.9. The third kappa shape index (κ3) is 20.7. The van der Waals surface area contributed by atoms with Gasteiger partial charge in [-0.2, -0.15) is 25.1 Å². The van der Waals surface area contributed by atoms with Crippen molar-refractivity contribution in [2.45, 2.75) is 79.7 Å². The van der Waals surface area contributed by atoms with E-state index in [1.165, 1.54) is 25.2 Å². The van der Waals surface area contributed by atoms with E-state index in [1.54, 1.807) is 71.8 Å². The number of hydrogen-bond acceptors (Lipinski definition) is 18. The van der Waals surface area contributed by atoms with Crippen molar-refractivity contribution in [2.24, 2.45) is 22.9 Å². The number of nitrogens with one attached hydrogen (secondary N) is 4. The summed E-state index contributed by atoms with van der Waals surface area (Å²) in [6.07, 6.45) is 6.45. The van der Waals surface area contributed by atoms with Gasteiger partial charge < -0.3 is 67.1 Å². The summed E-state index contributed by atoms with van der Waals surface area (Å²) in [6, 6.07) is 84.2. The lowest BCUT2D eigenvalue weighted by Gasteiger charge is -2.12. The Kier molecular flexibility index (Phi) is 27.9. The molecule has 1 aliphatic rings. The topological polar surface area (TPSA) is 490 Å². The Morgan fingerprint density at radius 1 is 0.326 bits per heavy atom. The highest BCUT2D eigenvalue weighted by molar-refractivity contribution is 6.07. The van der Waals surface area contributed by atoms with Crippen molar-refractivity contribution in [3.05, 3.63) is 397 Å². The summed E-state index contributed by atoms with van der Waals surface area (Å²) >= 11 is 0. The number of benzene rings is 10. The molecule has 132 heavy (non-hydrogen) atoms. The average molecular weight is 1760 g/mol. The van der Waals surface area contributed by atoms with E-state index in [0.717, 1.165) is 74.2 Å². The third-order valence-electron chi connectivity index (χ3n) is 22.4. The van der Waals surface area contributed by atoms with Gasteiger partial charge in [0, 0.05) is 83.1 Å². The van der Waals surface area contributed by atoms with Gasteiger partial charge in [0.25, 0.3) is 47.3 Å². The van der Waals surface area contributed by atoms with Gasteiger partial charge in [-0.05, 0) is 169 Å². The number of nitrogen functional groups attached to an aromatic ring is 4. The highest BCUT2D eigenvalue weighted by Gasteiger charge is 2.31. The molecule has 0 fully saturated rings. The van der Waals surface area contributed by atoms with Crippen molar-refractivity contribution >= 4 is 70.5 Å². The van der Waals surface area contributed by atoms with Crippen LogP contribution in [0.4, 0.5) is 23.3 Å². The maximum atomic E-state index is 12.5. The van der Waals surface area contributed by atoms with E-state index in [4.69, 9.17) is 51.0 Å². The first kappa shape index (κ1) is 90.5. The maximum Gasteiger partial charge on any atom is 0.254 e. The minimum Gasteiger partial charge on any atom is -0.383 e. The predicted octanol–water partition coefficient (Wildman–Crippen LogP) is 13.3. The van der Waals surface area contributed by atoms with Gasteiger partial charge >= 0.3 is 0 Å². The standard InChI is InChI=1S/C28H27N5O2.C26H25N5O2.2C24H22N6O2/c1-17-6-2-5-9-23(17)28(35)31-16-18-10-12-19(13-11-18)25-24(27(30)34)26(29)33(32-25)22-14-20-7-3-4-8-21(20)15-22;1-16-6-5-8-20(14-16)31-24(27)22(25(28)32)23(30-31)19-12-10-18(11-13-19)15-29-26(33)21-9-4-3-7-17(21)2;1-15-6-2-3-7-18(15)24(32)28-14-16-9-11-17(12-10-16)21-20(23(26)31)22(25)30(29-21)19-8-4-5-13-27-19;1-15-5-2-3-7-19(15)24(32)28-13-16-8-10-17(11-9-16)21-20(23(26)31)22(25)30(29-21)18-6-4-12-27-14-18/h2-13,22H,14-16,29H2,1H3,(H2,30,34)(H,31,35);3-14H,15,27H2,1-2H3,(H2,28,32)(H,29,33);2-13H,14,25H2,1H3,(H2,26,31)(H,28,32);2-12,14H,13,25H2,1H3,(H2,26,31)(H,28,32). The van der Waals surface area contributed by atoms with Crippen molar-refractivity contribution in [3.8, 4) is 62.2 Å². The van der Waals surface area contributed by atoms with E-state index in [1.807, 2.05) is 247 Å². The predicted molar refractivity (Wildman–Crippen MR) is 509 cm³/mol. The average Bonchev–Trinajstić information content (AvgIpc) is 1.64. The van der Waals surface area contributed by atoms with Crippen LogP contribution in [0.5, 0.6) is 0 Å². The van der Waals surface area contributed by atoms with Gasteiger partial charge in [-0.1, -0.05) is 212 Å². The number of primary amides is 4.